The second-order valence-electron chi connectivity index (χ2n) is 7.06. The molecule has 0 radical (unpaired) electrons. The van der Waals surface area contributed by atoms with E-state index in [1.54, 1.807) is 29.7 Å². The third-order valence-corrected chi connectivity index (χ3v) is 7.76. The van der Waals surface area contributed by atoms with Crippen molar-refractivity contribution in [2.75, 3.05) is 16.2 Å². The first kappa shape index (κ1) is 20.1. The zero-order valence-electron chi connectivity index (χ0n) is 15.9. The van der Waals surface area contributed by atoms with Gasteiger partial charge in [0.15, 0.2) is 0 Å². The summed E-state index contributed by atoms with van der Waals surface area (Å²) in [7, 11) is -3.45. The summed E-state index contributed by atoms with van der Waals surface area (Å²) in [5.74, 6) is 0.955. The topological polar surface area (TPSA) is 98.0 Å². The number of benzene rings is 1. The van der Waals surface area contributed by atoms with E-state index >= 15 is 0 Å². The molecule has 0 saturated heterocycles. The van der Waals surface area contributed by atoms with Crippen LogP contribution in [0.3, 0.4) is 0 Å². The summed E-state index contributed by atoms with van der Waals surface area (Å²) in [5, 5.41) is 1.40. The van der Waals surface area contributed by atoms with Crippen molar-refractivity contribution in [3.8, 4) is 21.7 Å². The normalized spacial score (nSPS) is 14.1. The van der Waals surface area contributed by atoms with Crippen LogP contribution in [0.2, 0.25) is 5.02 Å². The van der Waals surface area contributed by atoms with Gasteiger partial charge in [0, 0.05) is 17.7 Å². The van der Waals surface area contributed by atoms with Crippen LogP contribution in [0.4, 0.5) is 11.5 Å². The minimum Gasteiger partial charge on any atom is -0.384 e. The molecule has 152 valence electrons. The van der Waals surface area contributed by atoms with Crippen LogP contribution in [-0.4, -0.2) is 24.1 Å². The molecule has 1 aliphatic rings. The van der Waals surface area contributed by atoms with Gasteiger partial charge in [-0.2, -0.15) is 0 Å². The number of halogens is 1. The van der Waals surface area contributed by atoms with Crippen LogP contribution in [0.1, 0.15) is 37.1 Å². The van der Waals surface area contributed by atoms with E-state index in [4.69, 9.17) is 22.3 Å². The monoisotopic (exact) mass is 448 g/mol. The van der Waals surface area contributed by atoms with E-state index in [1.807, 2.05) is 25.1 Å². The lowest BCUT2D eigenvalue weighted by Crippen LogP contribution is -2.16. The Morgan fingerprint density at radius 3 is 2.79 bits per heavy atom. The molecule has 1 saturated carbocycles. The minimum atomic E-state index is -3.45. The quantitative estimate of drug-likeness (QED) is 0.521. The Morgan fingerprint density at radius 2 is 2.10 bits per heavy atom. The molecule has 0 aliphatic heterocycles. The van der Waals surface area contributed by atoms with E-state index in [0.717, 1.165) is 34.0 Å². The number of rotatable bonds is 7. The first-order valence-electron chi connectivity index (χ1n) is 9.40. The summed E-state index contributed by atoms with van der Waals surface area (Å²) < 4.78 is 27.0. The first-order chi connectivity index (χ1) is 13.9. The van der Waals surface area contributed by atoms with E-state index in [2.05, 4.69) is 9.71 Å². The average Bonchev–Trinajstić information content (AvgIpc) is 3.42. The van der Waals surface area contributed by atoms with E-state index in [9.17, 15) is 8.42 Å². The number of sulfonamides is 1. The van der Waals surface area contributed by atoms with Crippen LogP contribution in [0.25, 0.3) is 21.7 Å². The number of pyridine rings is 1. The largest absolute Gasteiger partial charge is 0.384 e. The van der Waals surface area contributed by atoms with E-state index in [1.165, 1.54) is 0 Å². The highest BCUT2D eigenvalue weighted by Crippen LogP contribution is 2.48. The lowest BCUT2D eigenvalue weighted by Gasteiger charge is -2.12. The molecular weight excluding hydrogens is 428 g/mol. The fourth-order valence-corrected chi connectivity index (χ4v) is 5.80. The predicted octanol–water partition coefficient (Wildman–Crippen LogP) is 5.14. The Kier molecular flexibility index (Phi) is 5.50. The van der Waals surface area contributed by atoms with Gasteiger partial charge in [0.05, 0.1) is 32.0 Å². The van der Waals surface area contributed by atoms with Crippen LogP contribution in [0, 0.1) is 0 Å². The molecule has 6 nitrogen and oxygen atoms in total. The van der Waals surface area contributed by atoms with Crippen LogP contribution >= 0.6 is 22.9 Å². The minimum absolute atomic E-state index is 0.0393. The van der Waals surface area contributed by atoms with Gasteiger partial charge in [-0.1, -0.05) is 30.7 Å². The number of nitrogen functional groups attached to an aromatic ring is 1. The number of nitrogens with two attached hydrogens (primary N) is 1. The first-order valence-corrected chi connectivity index (χ1v) is 12.2. The van der Waals surface area contributed by atoms with Gasteiger partial charge in [0.2, 0.25) is 10.0 Å². The van der Waals surface area contributed by atoms with E-state index < -0.39 is 10.0 Å². The molecule has 29 heavy (non-hydrogen) atoms. The van der Waals surface area contributed by atoms with Crippen molar-refractivity contribution in [2.24, 2.45) is 0 Å². The summed E-state index contributed by atoms with van der Waals surface area (Å²) in [5.41, 5.74) is 8.60. The van der Waals surface area contributed by atoms with Crippen molar-refractivity contribution < 1.29 is 8.42 Å². The third kappa shape index (κ3) is 4.39. The van der Waals surface area contributed by atoms with Crippen molar-refractivity contribution in [3.05, 3.63) is 46.6 Å². The number of nitrogens with zero attached hydrogens (tertiary/aromatic N) is 2. The standard InChI is InChI=1S/C20H21ClN4O2S2/c1-2-10-29(26,27)25-15-5-3-4-14(17(15)21)18-19(13-8-9-23-16(22)11-13)28-20(24-18)12-6-7-12/h3-5,8-9,11-12,25H,2,6-7,10H2,1H3,(H2,22,23). The highest BCUT2D eigenvalue weighted by atomic mass is 35.5. The molecule has 0 amide bonds. The van der Waals surface area contributed by atoms with E-state index in [0.29, 0.717) is 34.4 Å². The zero-order valence-corrected chi connectivity index (χ0v) is 18.2. The maximum Gasteiger partial charge on any atom is 0.232 e. The average molecular weight is 449 g/mol. The molecule has 3 aromatic rings. The Bertz CT molecular complexity index is 1160. The summed E-state index contributed by atoms with van der Waals surface area (Å²) in [6.45, 7) is 1.82. The van der Waals surface area contributed by atoms with E-state index in [-0.39, 0.29) is 5.75 Å². The molecule has 4 rings (SSSR count). The van der Waals surface area contributed by atoms with Gasteiger partial charge in [-0.25, -0.2) is 18.4 Å². The number of thiazole rings is 1. The highest BCUT2D eigenvalue weighted by Gasteiger charge is 2.30. The van der Waals surface area contributed by atoms with Crippen molar-refractivity contribution in [1.29, 1.82) is 0 Å². The van der Waals surface area contributed by atoms with Crippen molar-refractivity contribution in [2.45, 2.75) is 32.1 Å². The lowest BCUT2D eigenvalue weighted by molar-refractivity contribution is 0.600. The summed E-state index contributed by atoms with van der Waals surface area (Å²) in [6.07, 6.45) is 4.46. The molecule has 0 atom stereocenters. The number of aromatic nitrogens is 2. The molecule has 0 unspecified atom stereocenters. The van der Waals surface area contributed by atoms with Gasteiger partial charge in [-0.3, -0.25) is 4.72 Å². The Labute approximate surface area is 179 Å². The molecule has 9 heteroatoms. The molecule has 1 aliphatic carbocycles. The molecule has 2 heterocycles. The van der Waals surface area contributed by atoms with Crippen LogP contribution in [-0.2, 0) is 10.0 Å². The fourth-order valence-electron chi connectivity index (χ4n) is 3.09. The second kappa shape index (κ2) is 7.93. The summed E-state index contributed by atoms with van der Waals surface area (Å²) in [6, 6.07) is 9.02. The van der Waals surface area contributed by atoms with Gasteiger partial charge < -0.3 is 5.73 Å². The zero-order chi connectivity index (χ0) is 20.6. The molecule has 3 N–H and O–H groups in total. The number of hydrogen-bond acceptors (Lipinski definition) is 6. The van der Waals surface area contributed by atoms with Crippen LogP contribution in [0.15, 0.2) is 36.5 Å². The Balaban J connectivity index is 1.81. The van der Waals surface area contributed by atoms with Gasteiger partial charge in [0.1, 0.15) is 5.82 Å². The highest BCUT2D eigenvalue weighted by molar-refractivity contribution is 7.92. The van der Waals surface area contributed by atoms with Gasteiger partial charge in [-0.15, -0.1) is 11.3 Å². The second-order valence-corrected chi connectivity index (χ2v) is 10.3. The van der Waals surface area contributed by atoms with Gasteiger partial charge in [-0.05, 0) is 43.0 Å². The maximum absolute atomic E-state index is 12.2. The van der Waals surface area contributed by atoms with Crippen LogP contribution in [0.5, 0.6) is 0 Å². The molecular formula is C20H21ClN4O2S2. The fraction of sp³-hybridized carbons (Fsp3) is 0.300. The van der Waals surface area contributed by atoms with Gasteiger partial charge >= 0.3 is 0 Å². The number of anilines is 2. The summed E-state index contributed by atoms with van der Waals surface area (Å²) >= 11 is 8.28. The lowest BCUT2D eigenvalue weighted by atomic mass is 10.1. The van der Waals surface area contributed by atoms with Gasteiger partial charge in [0.25, 0.3) is 0 Å². The number of hydrogen-bond donors (Lipinski definition) is 2. The molecule has 1 fully saturated rings. The molecule has 0 bridgehead atoms. The Morgan fingerprint density at radius 1 is 1.31 bits per heavy atom. The SMILES string of the molecule is CCCS(=O)(=O)Nc1cccc(-c2nc(C3CC3)sc2-c2ccnc(N)c2)c1Cl. The third-order valence-electron chi connectivity index (χ3n) is 4.61. The predicted molar refractivity (Wildman–Crippen MR) is 120 cm³/mol. The van der Waals surface area contributed by atoms with Crippen molar-refractivity contribution >= 4 is 44.5 Å². The maximum atomic E-state index is 12.2. The smallest absolute Gasteiger partial charge is 0.232 e. The number of nitrogens with one attached hydrogen (secondary N) is 1. The van der Waals surface area contributed by atoms with Crippen LogP contribution < -0.4 is 10.5 Å². The molecule has 2 aromatic heterocycles. The Hall–Kier alpha value is -2.16. The van der Waals surface area contributed by atoms with Crippen molar-refractivity contribution in [3.63, 3.8) is 0 Å². The summed E-state index contributed by atoms with van der Waals surface area (Å²) in [4.78, 5) is 9.90. The molecule has 1 aromatic carbocycles. The van der Waals surface area contributed by atoms with Crippen molar-refractivity contribution in [1.82, 2.24) is 9.97 Å². The molecule has 0 spiro atoms.